The van der Waals surface area contributed by atoms with Crippen molar-refractivity contribution in [3.8, 4) is 5.75 Å². The van der Waals surface area contributed by atoms with E-state index in [2.05, 4.69) is 10.3 Å². The Balaban J connectivity index is 2.28. The molecule has 0 radical (unpaired) electrons. The number of nitrogens with zero attached hydrogens (tertiary/aromatic N) is 1. The van der Waals surface area contributed by atoms with Crippen molar-refractivity contribution < 1.29 is 9.90 Å². The van der Waals surface area contributed by atoms with Crippen molar-refractivity contribution in [1.29, 1.82) is 0 Å². The van der Waals surface area contributed by atoms with Gasteiger partial charge in [0.2, 0.25) is 0 Å². The number of carbonyl (C=O) groups excluding carboxylic acids is 1. The highest BCUT2D eigenvalue weighted by Crippen LogP contribution is 2.21. The second-order valence-corrected chi connectivity index (χ2v) is 3.92. The van der Waals surface area contributed by atoms with Gasteiger partial charge in [0.1, 0.15) is 0 Å². The van der Waals surface area contributed by atoms with Crippen molar-refractivity contribution in [3.63, 3.8) is 0 Å². The van der Waals surface area contributed by atoms with Gasteiger partial charge in [-0.2, -0.15) is 0 Å². The molecule has 0 aliphatic carbocycles. The average molecular weight is 243 g/mol. The van der Waals surface area contributed by atoms with Gasteiger partial charge in [-0.1, -0.05) is 11.6 Å². The van der Waals surface area contributed by atoms with Crippen LogP contribution in [0.15, 0.2) is 36.5 Å². The predicted octanol–water partition coefficient (Wildman–Crippen LogP) is 1.93. The number of nitrogen functional groups attached to an aromatic ring is 1. The lowest BCUT2D eigenvalue weighted by atomic mass is 10.1. The molecule has 5 nitrogen and oxygen atoms in total. The average Bonchev–Trinajstić information content (AvgIpc) is 2.35. The van der Waals surface area contributed by atoms with Crippen LogP contribution in [-0.2, 0) is 0 Å². The number of benzene rings is 1. The van der Waals surface area contributed by atoms with E-state index in [-0.39, 0.29) is 11.6 Å². The Morgan fingerprint density at radius 1 is 1.39 bits per heavy atom. The summed E-state index contributed by atoms with van der Waals surface area (Å²) in [6.07, 6.45) is 1.48. The summed E-state index contributed by atoms with van der Waals surface area (Å²) in [6.45, 7) is 1.87. The molecule has 18 heavy (non-hydrogen) atoms. The summed E-state index contributed by atoms with van der Waals surface area (Å²) in [5.74, 6) is -0.370. The maximum atomic E-state index is 12.0. The highest BCUT2D eigenvalue weighted by molar-refractivity contribution is 6.07. The third kappa shape index (κ3) is 2.40. The summed E-state index contributed by atoms with van der Waals surface area (Å²) in [4.78, 5) is 15.9. The lowest BCUT2D eigenvalue weighted by molar-refractivity contribution is 0.102. The van der Waals surface area contributed by atoms with Crippen LogP contribution in [0.5, 0.6) is 5.75 Å². The largest absolute Gasteiger partial charge is 0.504 e. The lowest BCUT2D eigenvalue weighted by Crippen LogP contribution is -2.15. The Hall–Kier alpha value is -2.56. The number of rotatable bonds is 2. The van der Waals surface area contributed by atoms with E-state index in [9.17, 15) is 9.90 Å². The normalized spacial score (nSPS) is 10.1. The van der Waals surface area contributed by atoms with E-state index in [0.29, 0.717) is 11.3 Å². The molecule has 0 saturated carbocycles. The molecule has 1 aromatic carbocycles. The molecule has 5 heteroatoms. The molecule has 4 N–H and O–H groups in total. The first-order valence-electron chi connectivity index (χ1n) is 5.39. The molecule has 0 saturated heterocycles. The molecule has 2 rings (SSSR count). The highest BCUT2D eigenvalue weighted by atomic mass is 16.3. The summed E-state index contributed by atoms with van der Waals surface area (Å²) in [5, 5.41) is 12.0. The number of aryl methyl sites for hydroxylation is 1. The number of hydrogen-bond donors (Lipinski definition) is 3. The zero-order valence-corrected chi connectivity index (χ0v) is 9.84. The molecular weight excluding hydrogens is 230 g/mol. The summed E-state index contributed by atoms with van der Waals surface area (Å²) < 4.78 is 0. The van der Waals surface area contributed by atoms with E-state index >= 15 is 0 Å². The second-order valence-electron chi connectivity index (χ2n) is 3.92. The van der Waals surface area contributed by atoms with Crippen molar-refractivity contribution >= 4 is 17.4 Å². The first kappa shape index (κ1) is 11.9. The van der Waals surface area contributed by atoms with Crippen LogP contribution in [0.25, 0.3) is 0 Å². The van der Waals surface area contributed by atoms with Gasteiger partial charge in [-0.3, -0.25) is 4.79 Å². The highest BCUT2D eigenvalue weighted by Gasteiger charge is 2.12. The van der Waals surface area contributed by atoms with Crippen LogP contribution in [0.3, 0.4) is 0 Å². The Labute approximate surface area is 104 Å². The molecule has 1 aromatic heterocycles. The van der Waals surface area contributed by atoms with Crippen molar-refractivity contribution in [3.05, 3.63) is 47.7 Å². The number of pyridine rings is 1. The number of nitrogens with one attached hydrogen (secondary N) is 1. The molecule has 1 heterocycles. The Morgan fingerprint density at radius 2 is 2.17 bits per heavy atom. The van der Waals surface area contributed by atoms with Gasteiger partial charge in [-0.15, -0.1) is 0 Å². The van der Waals surface area contributed by atoms with Crippen LogP contribution in [0.4, 0.5) is 11.5 Å². The smallest absolute Gasteiger partial charge is 0.259 e. The molecule has 0 spiro atoms. The monoisotopic (exact) mass is 243 g/mol. The van der Waals surface area contributed by atoms with E-state index in [1.807, 2.05) is 13.0 Å². The van der Waals surface area contributed by atoms with Gasteiger partial charge in [0.05, 0.1) is 5.56 Å². The fraction of sp³-hybridized carbons (Fsp3) is 0.0769. The topological polar surface area (TPSA) is 88.2 Å². The van der Waals surface area contributed by atoms with E-state index < -0.39 is 5.91 Å². The lowest BCUT2D eigenvalue weighted by Gasteiger charge is -2.08. The number of aromatic nitrogens is 1. The van der Waals surface area contributed by atoms with Crippen LogP contribution >= 0.6 is 0 Å². The van der Waals surface area contributed by atoms with Crippen molar-refractivity contribution in [2.45, 2.75) is 6.92 Å². The maximum absolute atomic E-state index is 12.0. The van der Waals surface area contributed by atoms with Crippen LogP contribution in [0, 0.1) is 6.92 Å². The van der Waals surface area contributed by atoms with E-state index in [0.717, 1.165) is 5.56 Å². The fourth-order valence-electron chi connectivity index (χ4n) is 1.53. The van der Waals surface area contributed by atoms with Crippen molar-refractivity contribution in [1.82, 2.24) is 4.98 Å². The Kier molecular flexibility index (Phi) is 3.14. The molecule has 0 fully saturated rings. The Bertz CT molecular complexity index is 597. The molecule has 0 aliphatic heterocycles. The molecule has 1 amide bonds. The number of anilines is 2. The molecule has 0 unspecified atom stereocenters. The first-order valence-corrected chi connectivity index (χ1v) is 5.39. The second kappa shape index (κ2) is 4.75. The zero-order chi connectivity index (χ0) is 13.1. The third-order valence-electron chi connectivity index (χ3n) is 2.47. The minimum absolute atomic E-state index is 0.0860. The van der Waals surface area contributed by atoms with Crippen molar-refractivity contribution in [2.75, 3.05) is 11.1 Å². The SMILES string of the molecule is Cc1ccc(N)c(C(=O)Nc2ncccc2O)c1. The Morgan fingerprint density at radius 3 is 2.89 bits per heavy atom. The quantitative estimate of drug-likeness (QED) is 0.703. The zero-order valence-electron chi connectivity index (χ0n) is 9.84. The number of nitrogens with two attached hydrogens (primary N) is 1. The summed E-state index contributed by atoms with van der Waals surface area (Å²) >= 11 is 0. The minimum atomic E-state index is -0.398. The van der Waals surface area contributed by atoms with E-state index in [4.69, 9.17) is 5.73 Å². The standard InChI is InChI=1S/C13H13N3O2/c1-8-4-5-10(14)9(7-8)13(18)16-12-11(17)3-2-6-15-12/h2-7,17H,14H2,1H3,(H,15,16,18). The van der Waals surface area contributed by atoms with Crippen LogP contribution in [-0.4, -0.2) is 16.0 Å². The predicted molar refractivity (Wildman–Crippen MR) is 69.4 cm³/mol. The van der Waals surface area contributed by atoms with Gasteiger partial charge in [0.15, 0.2) is 11.6 Å². The van der Waals surface area contributed by atoms with Gasteiger partial charge in [0.25, 0.3) is 5.91 Å². The summed E-state index contributed by atoms with van der Waals surface area (Å²) in [6, 6.07) is 8.20. The molecule has 0 bridgehead atoms. The fourth-order valence-corrected chi connectivity index (χ4v) is 1.53. The molecule has 0 aliphatic rings. The van der Waals surface area contributed by atoms with Crippen LogP contribution in [0.2, 0.25) is 0 Å². The van der Waals surface area contributed by atoms with Crippen LogP contribution < -0.4 is 11.1 Å². The summed E-state index contributed by atoms with van der Waals surface area (Å²) in [5.41, 5.74) is 7.41. The van der Waals surface area contributed by atoms with Gasteiger partial charge >= 0.3 is 0 Å². The maximum Gasteiger partial charge on any atom is 0.259 e. The molecule has 0 atom stereocenters. The van der Waals surface area contributed by atoms with E-state index in [1.54, 1.807) is 18.2 Å². The number of carbonyl (C=O) groups is 1. The summed E-state index contributed by atoms with van der Waals surface area (Å²) in [7, 11) is 0. The number of hydrogen-bond acceptors (Lipinski definition) is 4. The first-order chi connectivity index (χ1) is 8.58. The minimum Gasteiger partial charge on any atom is -0.504 e. The van der Waals surface area contributed by atoms with Crippen LogP contribution in [0.1, 0.15) is 15.9 Å². The van der Waals surface area contributed by atoms with Gasteiger partial charge in [-0.05, 0) is 31.2 Å². The molecular formula is C13H13N3O2. The van der Waals surface area contributed by atoms with Gasteiger partial charge < -0.3 is 16.2 Å². The van der Waals surface area contributed by atoms with Gasteiger partial charge in [-0.25, -0.2) is 4.98 Å². The van der Waals surface area contributed by atoms with Gasteiger partial charge in [0, 0.05) is 11.9 Å². The number of aromatic hydroxyl groups is 1. The van der Waals surface area contributed by atoms with Crippen molar-refractivity contribution in [2.24, 2.45) is 0 Å². The van der Waals surface area contributed by atoms with E-state index in [1.165, 1.54) is 12.3 Å². The molecule has 92 valence electrons. The third-order valence-corrected chi connectivity index (χ3v) is 2.47. The molecule has 2 aromatic rings. The number of amides is 1.